The topological polar surface area (TPSA) is 89.8 Å². The van der Waals surface area contributed by atoms with Crippen LogP contribution in [0.2, 0.25) is 5.02 Å². The zero-order valence-corrected chi connectivity index (χ0v) is 19.9. The van der Waals surface area contributed by atoms with Crippen LogP contribution in [0.25, 0.3) is 28.1 Å². The first-order valence-electron chi connectivity index (χ1n) is 11.5. The smallest absolute Gasteiger partial charge is 0.328 e. The van der Waals surface area contributed by atoms with Gasteiger partial charge >= 0.3 is 5.97 Å². The van der Waals surface area contributed by atoms with Gasteiger partial charge in [0.05, 0.1) is 22.5 Å². The minimum Gasteiger partial charge on any atom is -0.478 e. The minimum atomic E-state index is -1.02. The minimum absolute atomic E-state index is 0.252. The number of rotatable bonds is 6. The van der Waals surface area contributed by atoms with Gasteiger partial charge < -0.3 is 5.11 Å². The first-order chi connectivity index (χ1) is 17.4. The summed E-state index contributed by atoms with van der Waals surface area (Å²) >= 11 is 6.72. The van der Waals surface area contributed by atoms with E-state index in [1.807, 2.05) is 36.4 Å². The monoisotopic (exact) mass is 497 g/mol. The number of hydrogen-bond acceptors (Lipinski definition) is 3. The fourth-order valence-electron chi connectivity index (χ4n) is 4.60. The Morgan fingerprint density at radius 3 is 2.50 bits per heavy atom. The second-order valence-corrected chi connectivity index (χ2v) is 9.19. The van der Waals surface area contributed by atoms with Gasteiger partial charge in [-0.1, -0.05) is 54.4 Å². The van der Waals surface area contributed by atoms with Crippen LogP contribution in [0.3, 0.4) is 0 Å². The van der Waals surface area contributed by atoms with Crippen molar-refractivity contribution in [1.29, 1.82) is 5.26 Å². The van der Waals surface area contributed by atoms with Gasteiger partial charge in [0.25, 0.3) is 0 Å². The number of H-pyrrole nitrogens is 1. The molecule has 1 aliphatic carbocycles. The normalized spacial score (nSPS) is 14.5. The summed E-state index contributed by atoms with van der Waals surface area (Å²) < 4.78 is 14.5. The fourth-order valence-corrected chi connectivity index (χ4v) is 4.88. The zero-order chi connectivity index (χ0) is 25.2. The highest BCUT2D eigenvalue weighted by molar-refractivity contribution is 6.33. The Morgan fingerprint density at radius 2 is 1.86 bits per heavy atom. The van der Waals surface area contributed by atoms with Gasteiger partial charge in [-0.25, -0.2) is 4.79 Å². The van der Waals surface area contributed by atoms with Gasteiger partial charge in [0, 0.05) is 11.1 Å². The van der Waals surface area contributed by atoms with Gasteiger partial charge in [-0.3, -0.25) is 5.10 Å². The summed E-state index contributed by atoms with van der Waals surface area (Å²) in [5.74, 6) is -1.26. The van der Waals surface area contributed by atoms with E-state index in [1.54, 1.807) is 24.3 Å². The summed E-state index contributed by atoms with van der Waals surface area (Å²) in [6.45, 7) is 0. The molecule has 0 atom stereocenters. The maximum Gasteiger partial charge on any atom is 0.328 e. The molecule has 0 unspecified atom stereocenters. The molecule has 3 aromatic carbocycles. The van der Waals surface area contributed by atoms with Crippen LogP contribution in [0.4, 0.5) is 4.39 Å². The lowest BCUT2D eigenvalue weighted by molar-refractivity contribution is -0.131. The molecule has 1 aliphatic rings. The van der Waals surface area contributed by atoms with Crippen LogP contribution < -0.4 is 0 Å². The second kappa shape index (κ2) is 9.80. The van der Waals surface area contributed by atoms with Gasteiger partial charge in [-0.2, -0.15) is 14.8 Å². The third-order valence-electron chi connectivity index (χ3n) is 6.59. The molecule has 2 N–H and O–H groups in total. The van der Waals surface area contributed by atoms with Crippen LogP contribution in [0.15, 0.2) is 66.7 Å². The summed E-state index contributed by atoms with van der Waals surface area (Å²) in [5, 5.41) is 25.6. The Kier molecular flexibility index (Phi) is 6.41. The molecular weight excluding hydrogens is 477 g/mol. The predicted molar refractivity (Wildman–Crippen MR) is 139 cm³/mol. The molecule has 4 aromatic rings. The van der Waals surface area contributed by atoms with Crippen LogP contribution in [0.1, 0.15) is 47.1 Å². The van der Waals surface area contributed by atoms with E-state index in [1.165, 1.54) is 6.08 Å². The van der Waals surface area contributed by atoms with Gasteiger partial charge in [-0.05, 0) is 82.5 Å². The van der Waals surface area contributed by atoms with Crippen LogP contribution in [-0.2, 0) is 4.79 Å². The number of nitriles is 1. The van der Waals surface area contributed by atoms with E-state index in [-0.39, 0.29) is 5.92 Å². The summed E-state index contributed by atoms with van der Waals surface area (Å²) in [7, 11) is 0. The number of fused-ring (bicyclic) bond motifs is 1. The van der Waals surface area contributed by atoms with Crippen molar-refractivity contribution in [3.63, 3.8) is 0 Å². The Hall–Kier alpha value is -4.21. The SMILES string of the molecule is N#Cc1ccc(/C(=C(\c2ccc(/C=C/C(=O)O)cc2)c2ccc3n[nH]c(F)c3c2)C2CCC2)c(Cl)c1. The van der Waals surface area contributed by atoms with Crippen molar-refractivity contribution in [2.75, 3.05) is 0 Å². The maximum atomic E-state index is 14.5. The third-order valence-corrected chi connectivity index (χ3v) is 6.90. The van der Waals surface area contributed by atoms with E-state index in [2.05, 4.69) is 16.3 Å². The van der Waals surface area contributed by atoms with Crippen molar-refractivity contribution in [3.05, 3.63) is 106 Å². The van der Waals surface area contributed by atoms with Gasteiger partial charge in [0.2, 0.25) is 5.95 Å². The van der Waals surface area contributed by atoms with Gasteiger partial charge in [0.15, 0.2) is 0 Å². The highest BCUT2D eigenvalue weighted by atomic mass is 35.5. The fraction of sp³-hybridized carbons (Fsp3) is 0.138. The number of aromatic amines is 1. The van der Waals surface area contributed by atoms with Crippen LogP contribution in [-0.4, -0.2) is 21.3 Å². The number of nitrogens with one attached hydrogen (secondary N) is 1. The first kappa shape index (κ1) is 23.5. The van der Waals surface area contributed by atoms with Crippen molar-refractivity contribution in [2.24, 2.45) is 5.92 Å². The first-order valence-corrected chi connectivity index (χ1v) is 11.9. The van der Waals surface area contributed by atoms with E-state index in [4.69, 9.17) is 16.7 Å². The largest absolute Gasteiger partial charge is 0.478 e. The number of carboxylic acids is 1. The van der Waals surface area contributed by atoms with Crippen LogP contribution in [0.5, 0.6) is 0 Å². The molecule has 0 aliphatic heterocycles. The molecule has 5 rings (SSSR count). The van der Waals surface area contributed by atoms with E-state index in [0.717, 1.165) is 58.7 Å². The van der Waals surface area contributed by atoms with Crippen LogP contribution in [0, 0.1) is 23.2 Å². The molecule has 1 heterocycles. The molecule has 0 radical (unpaired) electrons. The number of aromatic nitrogens is 2. The van der Waals surface area contributed by atoms with Crippen molar-refractivity contribution in [3.8, 4) is 6.07 Å². The summed E-state index contributed by atoms with van der Waals surface area (Å²) in [6.07, 6.45) is 5.72. The number of halogens is 2. The molecule has 0 amide bonds. The van der Waals surface area contributed by atoms with E-state index in [9.17, 15) is 14.4 Å². The number of aliphatic carboxylic acids is 1. The standard InChI is InChI=1S/C29H21ClFN3O2/c30-24-14-18(16-32)6-11-22(24)28(19-2-1-3-19)27(20-8-4-17(5-9-20)7-13-26(35)36)21-10-12-25-23(15-21)29(31)34-33-25/h4-15,19H,1-3H2,(H,33,34)(H,35,36)/b13-7+,28-27+. The van der Waals surface area contributed by atoms with Crippen molar-refractivity contribution in [1.82, 2.24) is 10.2 Å². The molecule has 178 valence electrons. The third kappa shape index (κ3) is 4.53. The van der Waals surface area contributed by atoms with Crippen molar-refractivity contribution >= 4 is 45.7 Å². The Labute approximate surface area is 212 Å². The van der Waals surface area contributed by atoms with E-state index in [0.29, 0.717) is 21.5 Å². The highest BCUT2D eigenvalue weighted by Gasteiger charge is 2.29. The van der Waals surface area contributed by atoms with Crippen molar-refractivity contribution in [2.45, 2.75) is 19.3 Å². The number of carbonyl (C=O) groups is 1. The molecule has 36 heavy (non-hydrogen) atoms. The van der Waals surface area contributed by atoms with Crippen molar-refractivity contribution < 1.29 is 14.3 Å². The molecule has 7 heteroatoms. The molecule has 0 spiro atoms. The highest BCUT2D eigenvalue weighted by Crippen LogP contribution is 2.47. The van der Waals surface area contributed by atoms with Crippen LogP contribution >= 0.6 is 11.6 Å². The van der Waals surface area contributed by atoms with Gasteiger partial charge in [0.1, 0.15) is 0 Å². The molecule has 1 saturated carbocycles. The molecule has 1 fully saturated rings. The lowest BCUT2D eigenvalue weighted by Gasteiger charge is -2.32. The molecule has 0 saturated heterocycles. The van der Waals surface area contributed by atoms with Gasteiger partial charge in [-0.15, -0.1) is 0 Å². The lowest BCUT2D eigenvalue weighted by atomic mass is 9.73. The molecule has 5 nitrogen and oxygen atoms in total. The average Bonchev–Trinajstić information content (AvgIpc) is 3.22. The lowest BCUT2D eigenvalue weighted by Crippen LogP contribution is -2.15. The average molecular weight is 498 g/mol. The number of hydrogen-bond donors (Lipinski definition) is 2. The summed E-state index contributed by atoms with van der Waals surface area (Å²) in [6, 6.07) is 20.5. The quantitative estimate of drug-likeness (QED) is 0.220. The van der Waals surface area contributed by atoms with E-state index >= 15 is 0 Å². The Morgan fingerprint density at radius 1 is 1.11 bits per heavy atom. The second-order valence-electron chi connectivity index (χ2n) is 8.79. The Bertz CT molecular complexity index is 1570. The number of carboxylic acid groups (broad SMARTS) is 1. The Balaban J connectivity index is 1.77. The van der Waals surface area contributed by atoms with E-state index < -0.39 is 11.9 Å². The molecular formula is C29H21ClFN3O2. The maximum absolute atomic E-state index is 14.5. The molecule has 1 aromatic heterocycles. The number of nitrogens with zero attached hydrogens (tertiary/aromatic N) is 2. The predicted octanol–water partition coefficient (Wildman–Crippen LogP) is 7.08. The molecule has 0 bridgehead atoms. The summed E-state index contributed by atoms with van der Waals surface area (Å²) in [5.41, 5.74) is 6.29. The zero-order valence-electron chi connectivity index (χ0n) is 19.1. The number of benzene rings is 3. The summed E-state index contributed by atoms with van der Waals surface area (Å²) in [4.78, 5) is 10.9. The number of allylic oxidation sites excluding steroid dienone is 1.